The van der Waals surface area contributed by atoms with E-state index >= 15 is 0 Å². The molecule has 0 radical (unpaired) electrons. The van der Waals surface area contributed by atoms with Crippen LogP contribution in [0.2, 0.25) is 0 Å². The van der Waals surface area contributed by atoms with Crippen LogP contribution in [0.15, 0.2) is 0 Å². The standard InChI is InChI=1S/C9H16N2O3/c12-5-6-3-11(4-6)9(14)8-1-7(13)2-10-8/h6-8,10,12-13H,1-5H2. The molecule has 5 nitrogen and oxygen atoms in total. The molecule has 80 valence electrons. The van der Waals surface area contributed by atoms with E-state index in [4.69, 9.17) is 5.11 Å². The first-order valence-electron chi connectivity index (χ1n) is 5.02. The minimum absolute atomic E-state index is 0.0613. The van der Waals surface area contributed by atoms with Crippen LogP contribution < -0.4 is 5.32 Å². The topological polar surface area (TPSA) is 72.8 Å². The van der Waals surface area contributed by atoms with Crippen LogP contribution in [-0.4, -0.2) is 59.4 Å². The Labute approximate surface area is 82.7 Å². The molecular weight excluding hydrogens is 184 g/mol. The molecule has 0 saturated carbocycles. The van der Waals surface area contributed by atoms with Crippen molar-refractivity contribution in [3.05, 3.63) is 0 Å². The van der Waals surface area contributed by atoms with Gasteiger partial charge in [0.25, 0.3) is 0 Å². The number of aliphatic hydroxyl groups is 2. The Balaban J connectivity index is 1.79. The summed E-state index contributed by atoms with van der Waals surface area (Å²) in [6, 6.07) is -0.218. The highest BCUT2D eigenvalue weighted by atomic mass is 16.3. The lowest BCUT2D eigenvalue weighted by molar-refractivity contribution is -0.140. The quantitative estimate of drug-likeness (QED) is 0.490. The van der Waals surface area contributed by atoms with Gasteiger partial charge in [-0.2, -0.15) is 0 Å². The highest BCUT2D eigenvalue weighted by Crippen LogP contribution is 2.18. The fraction of sp³-hybridized carbons (Fsp3) is 0.889. The van der Waals surface area contributed by atoms with Crippen molar-refractivity contribution < 1.29 is 15.0 Å². The molecule has 2 aliphatic rings. The van der Waals surface area contributed by atoms with Gasteiger partial charge in [0.05, 0.1) is 12.1 Å². The summed E-state index contributed by atoms with van der Waals surface area (Å²) in [6.45, 7) is 1.98. The van der Waals surface area contributed by atoms with E-state index in [0.717, 1.165) is 0 Å². The minimum atomic E-state index is -0.390. The molecule has 14 heavy (non-hydrogen) atoms. The average molecular weight is 200 g/mol. The van der Waals surface area contributed by atoms with Gasteiger partial charge >= 0.3 is 0 Å². The van der Waals surface area contributed by atoms with Crippen LogP contribution in [-0.2, 0) is 4.79 Å². The van der Waals surface area contributed by atoms with Crippen LogP contribution in [0.5, 0.6) is 0 Å². The van der Waals surface area contributed by atoms with Crippen molar-refractivity contribution in [2.45, 2.75) is 18.6 Å². The number of amides is 1. The molecule has 2 aliphatic heterocycles. The Morgan fingerprint density at radius 1 is 1.50 bits per heavy atom. The first-order chi connectivity index (χ1) is 6.70. The predicted molar refractivity (Wildman–Crippen MR) is 49.6 cm³/mol. The summed E-state index contributed by atoms with van der Waals surface area (Å²) < 4.78 is 0. The molecule has 2 saturated heterocycles. The molecule has 1 amide bonds. The molecule has 0 aromatic carbocycles. The summed E-state index contributed by atoms with van der Waals surface area (Å²) in [5.74, 6) is 0.316. The third-order valence-corrected chi connectivity index (χ3v) is 2.93. The molecule has 2 atom stereocenters. The smallest absolute Gasteiger partial charge is 0.239 e. The van der Waals surface area contributed by atoms with Crippen molar-refractivity contribution in [1.82, 2.24) is 10.2 Å². The van der Waals surface area contributed by atoms with Crippen LogP contribution in [0.4, 0.5) is 0 Å². The number of rotatable bonds is 2. The van der Waals surface area contributed by atoms with Gasteiger partial charge < -0.3 is 20.4 Å². The Morgan fingerprint density at radius 3 is 2.71 bits per heavy atom. The second kappa shape index (κ2) is 3.84. The summed E-state index contributed by atoms with van der Waals surface area (Å²) in [5, 5.41) is 21.0. The molecule has 0 bridgehead atoms. The molecule has 0 spiro atoms. The summed E-state index contributed by atoms with van der Waals surface area (Å²) in [5.41, 5.74) is 0. The molecule has 0 aliphatic carbocycles. The van der Waals surface area contributed by atoms with Crippen LogP contribution >= 0.6 is 0 Å². The van der Waals surface area contributed by atoms with E-state index in [-0.39, 0.29) is 30.6 Å². The SMILES string of the molecule is O=C(C1CC(O)CN1)N1CC(CO)C1. The van der Waals surface area contributed by atoms with E-state index in [9.17, 15) is 9.90 Å². The fourth-order valence-corrected chi connectivity index (χ4v) is 1.99. The highest BCUT2D eigenvalue weighted by Gasteiger charge is 2.36. The molecule has 2 rings (SSSR count). The van der Waals surface area contributed by atoms with Crippen molar-refractivity contribution in [2.75, 3.05) is 26.2 Å². The van der Waals surface area contributed by atoms with Gasteiger partial charge in [0.1, 0.15) is 0 Å². The first-order valence-corrected chi connectivity index (χ1v) is 5.02. The van der Waals surface area contributed by atoms with E-state index < -0.39 is 0 Å². The first kappa shape index (κ1) is 9.89. The molecule has 5 heteroatoms. The third-order valence-electron chi connectivity index (χ3n) is 2.93. The molecule has 0 aromatic rings. The number of nitrogens with one attached hydrogen (secondary N) is 1. The maximum atomic E-state index is 11.7. The number of hydrogen-bond donors (Lipinski definition) is 3. The van der Waals surface area contributed by atoms with Crippen molar-refractivity contribution in [2.24, 2.45) is 5.92 Å². The number of β-amino-alcohol motifs (C(OH)–C–C–N with tert-alkyl or cyclic N) is 1. The van der Waals surface area contributed by atoms with E-state index in [1.54, 1.807) is 4.90 Å². The summed E-state index contributed by atoms with van der Waals surface area (Å²) in [7, 11) is 0. The zero-order chi connectivity index (χ0) is 10.1. The lowest BCUT2D eigenvalue weighted by Gasteiger charge is -2.39. The summed E-state index contributed by atoms with van der Waals surface area (Å²) in [6.07, 6.45) is 0.123. The summed E-state index contributed by atoms with van der Waals surface area (Å²) >= 11 is 0. The van der Waals surface area contributed by atoms with E-state index in [2.05, 4.69) is 5.32 Å². The zero-order valence-electron chi connectivity index (χ0n) is 8.02. The fourth-order valence-electron chi connectivity index (χ4n) is 1.99. The monoisotopic (exact) mass is 200 g/mol. The van der Waals surface area contributed by atoms with E-state index in [0.29, 0.717) is 26.1 Å². The van der Waals surface area contributed by atoms with Crippen molar-refractivity contribution in [3.8, 4) is 0 Å². The normalized spacial score (nSPS) is 33.1. The number of nitrogens with zero attached hydrogens (tertiary/aromatic N) is 1. The van der Waals surface area contributed by atoms with Gasteiger partial charge in [-0.15, -0.1) is 0 Å². The molecule has 3 N–H and O–H groups in total. The van der Waals surface area contributed by atoms with Gasteiger partial charge in [0.2, 0.25) is 5.91 Å². The van der Waals surface area contributed by atoms with Crippen molar-refractivity contribution in [1.29, 1.82) is 0 Å². The van der Waals surface area contributed by atoms with Gasteiger partial charge in [0.15, 0.2) is 0 Å². The van der Waals surface area contributed by atoms with Gasteiger partial charge in [-0.3, -0.25) is 4.79 Å². The zero-order valence-corrected chi connectivity index (χ0v) is 8.02. The van der Waals surface area contributed by atoms with Gasteiger partial charge in [0, 0.05) is 32.2 Å². The van der Waals surface area contributed by atoms with Crippen molar-refractivity contribution >= 4 is 5.91 Å². The maximum absolute atomic E-state index is 11.7. The molecule has 2 fully saturated rings. The molecular formula is C9H16N2O3. The van der Waals surface area contributed by atoms with E-state index in [1.165, 1.54) is 0 Å². The predicted octanol–water partition coefficient (Wildman–Crippen LogP) is -1.84. The second-order valence-electron chi connectivity index (χ2n) is 4.14. The number of likely N-dealkylation sites (tertiary alicyclic amines) is 1. The Kier molecular flexibility index (Phi) is 2.71. The third kappa shape index (κ3) is 1.75. The Bertz CT molecular complexity index is 228. The number of hydrogen-bond acceptors (Lipinski definition) is 4. The van der Waals surface area contributed by atoms with E-state index in [1.807, 2.05) is 0 Å². The van der Waals surface area contributed by atoms with Crippen LogP contribution in [0.25, 0.3) is 0 Å². The van der Waals surface area contributed by atoms with Crippen LogP contribution in [0.3, 0.4) is 0 Å². The molecule has 2 heterocycles. The lowest BCUT2D eigenvalue weighted by atomic mass is 10.00. The molecule has 2 unspecified atom stereocenters. The van der Waals surface area contributed by atoms with Crippen LogP contribution in [0, 0.1) is 5.92 Å². The van der Waals surface area contributed by atoms with Gasteiger partial charge in [-0.1, -0.05) is 0 Å². The second-order valence-corrected chi connectivity index (χ2v) is 4.14. The van der Waals surface area contributed by atoms with Gasteiger partial charge in [-0.05, 0) is 6.42 Å². The van der Waals surface area contributed by atoms with Crippen molar-refractivity contribution in [3.63, 3.8) is 0 Å². The minimum Gasteiger partial charge on any atom is -0.396 e. The number of carbonyl (C=O) groups is 1. The Morgan fingerprint density at radius 2 is 2.21 bits per heavy atom. The maximum Gasteiger partial charge on any atom is 0.239 e. The average Bonchev–Trinajstić information content (AvgIpc) is 2.49. The highest BCUT2D eigenvalue weighted by molar-refractivity contribution is 5.83. The largest absolute Gasteiger partial charge is 0.396 e. The number of aliphatic hydroxyl groups excluding tert-OH is 2. The Hall–Kier alpha value is -0.650. The number of carbonyl (C=O) groups excluding carboxylic acids is 1. The van der Waals surface area contributed by atoms with Gasteiger partial charge in [-0.25, -0.2) is 0 Å². The summed E-state index contributed by atoms with van der Waals surface area (Å²) in [4.78, 5) is 13.4. The molecule has 0 aromatic heterocycles. The lowest BCUT2D eigenvalue weighted by Crippen LogP contribution is -2.56. The van der Waals surface area contributed by atoms with Crippen LogP contribution in [0.1, 0.15) is 6.42 Å².